The fourth-order valence-corrected chi connectivity index (χ4v) is 5.45. The van der Waals surface area contributed by atoms with Crippen molar-refractivity contribution in [3.05, 3.63) is 73.5 Å². The number of fused-ring (bicyclic) bond motifs is 1. The van der Waals surface area contributed by atoms with Crippen LogP contribution in [0.5, 0.6) is 0 Å². The monoisotopic (exact) mass is 510 g/mol. The maximum absolute atomic E-state index is 12.9. The molecule has 3 aromatic rings. The van der Waals surface area contributed by atoms with E-state index in [4.69, 9.17) is 16.0 Å². The molecule has 2 aromatic carbocycles. The van der Waals surface area contributed by atoms with Gasteiger partial charge in [-0.3, -0.25) is 4.90 Å². The van der Waals surface area contributed by atoms with Gasteiger partial charge in [-0.2, -0.15) is 4.31 Å². The van der Waals surface area contributed by atoms with Gasteiger partial charge in [0.1, 0.15) is 5.58 Å². The van der Waals surface area contributed by atoms with Gasteiger partial charge in [-0.1, -0.05) is 27.5 Å². The second kappa shape index (κ2) is 8.43. The molecule has 6 nitrogen and oxygen atoms in total. The Hall–Kier alpha value is -1.71. The first kappa shape index (κ1) is 21.5. The first-order chi connectivity index (χ1) is 14.2. The Labute approximate surface area is 188 Å². The molecule has 0 radical (unpaired) electrons. The molecular formula is C21H20BrClN2O4S. The highest BCUT2D eigenvalue weighted by atomic mass is 79.9. The van der Waals surface area contributed by atoms with Crippen molar-refractivity contribution in [2.45, 2.75) is 18.4 Å². The summed E-state index contributed by atoms with van der Waals surface area (Å²) in [6.45, 7) is 4.29. The molecule has 30 heavy (non-hydrogen) atoms. The SMILES string of the molecule is Cc1cc2oc(=O)cc(CN3CCN(S(=O)(=O)c4ccc(Br)cc4)CC3)c2cc1Cl. The molecule has 0 spiro atoms. The van der Waals surface area contributed by atoms with Crippen molar-refractivity contribution >= 4 is 48.5 Å². The first-order valence-electron chi connectivity index (χ1n) is 9.45. The summed E-state index contributed by atoms with van der Waals surface area (Å²) in [7, 11) is -3.52. The van der Waals surface area contributed by atoms with Crippen molar-refractivity contribution < 1.29 is 12.8 Å². The molecule has 0 unspecified atom stereocenters. The average molecular weight is 512 g/mol. The van der Waals surface area contributed by atoms with Crippen LogP contribution in [0.3, 0.4) is 0 Å². The molecule has 0 N–H and O–H groups in total. The zero-order valence-electron chi connectivity index (χ0n) is 16.3. The molecular weight excluding hydrogens is 492 g/mol. The number of aryl methyl sites for hydroxylation is 1. The van der Waals surface area contributed by atoms with Crippen LogP contribution in [-0.4, -0.2) is 43.8 Å². The molecule has 0 atom stereocenters. The predicted octanol–water partition coefficient (Wildman–Crippen LogP) is 4.02. The van der Waals surface area contributed by atoms with E-state index in [-0.39, 0.29) is 4.90 Å². The summed E-state index contributed by atoms with van der Waals surface area (Å²) < 4.78 is 33.4. The lowest BCUT2D eigenvalue weighted by molar-refractivity contribution is 0.182. The number of nitrogens with zero attached hydrogens (tertiary/aromatic N) is 2. The largest absolute Gasteiger partial charge is 0.423 e. The van der Waals surface area contributed by atoms with E-state index in [9.17, 15) is 13.2 Å². The Morgan fingerprint density at radius 1 is 1.07 bits per heavy atom. The number of hydrogen-bond acceptors (Lipinski definition) is 5. The number of rotatable bonds is 4. The molecule has 0 saturated carbocycles. The van der Waals surface area contributed by atoms with E-state index in [2.05, 4.69) is 20.8 Å². The van der Waals surface area contributed by atoms with Crippen LogP contribution >= 0.6 is 27.5 Å². The number of hydrogen-bond donors (Lipinski definition) is 0. The molecule has 1 aromatic heterocycles. The molecule has 1 aliphatic rings. The summed E-state index contributed by atoms with van der Waals surface area (Å²) >= 11 is 9.60. The van der Waals surface area contributed by atoms with Crippen LogP contribution in [0, 0.1) is 6.92 Å². The van der Waals surface area contributed by atoms with Crippen LogP contribution in [0.2, 0.25) is 5.02 Å². The third kappa shape index (κ3) is 4.33. The highest BCUT2D eigenvalue weighted by Crippen LogP contribution is 2.26. The molecule has 9 heteroatoms. The van der Waals surface area contributed by atoms with Crippen molar-refractivity contribution in [3.8, 4) is 0 Å². The van der Waals surface area contributed by atoms with Crippen molar-refractivity contribution in [1.82, 2.24) is 9.21 Å². The second-order valence-corrected chi connectivity index (χ2v) is 10.6. The van der Waals surface area contributed by atoms with Crippen molar-refractivity contribution in [3.63, 3.8) is 0 Å². The third-order valence-electron chi connectivity index (χ3n) is 5.29. The number of benzene rings is 2. The second-order valence-electron chi connectivity index (χ2n) is 7.32. The minimum absolute atomic E-state index is 0.288. The number of piperazine rings is 1. The van der Waals surface area contributed by atoms with Crippen LogP contribution < -0.4 is 5.63 Å². The Morgan fingerprint density at radius 3 is 2.40 bits per heavy atom. The minimum Gasteiger partial charge on any atom is -0.423 e. The lowest BCUT2D eigenvalue weighted by Crippen LogP contribution is -2.48. The summed E-state index contributed by atoms with van der Waals surface area (Å²) in [5.41, 5.74) is 1.77. The number of halogens is 2. The summed E-state index contributed by atoms with van der Waals surface area (Å²) in [6.07, 6.45) is 0. The molecule has 0 aliphatic carbocycles. The summed E-state index contributed by atoms with van der Waals surface area (Å²) in [5, 5.41) is 1.41. The van der Waals surface area contributed by atoms with E-state index >= 15 is 0 Å². The molecule has 0 amide bonds. The smallest absolute Gasteiger partial charge is 0.336 e. The van der Waals surface area contributed by atoms with E-state index in [1.807, 2.05) is 13.0 Å². The standard InChI is InChI=1S/C21H20BrClN2O4S/c1-14-10-20-18(12-19(14)23)15(11-21(26)29-20)13-24-6-8-25(9-7-24)30(27,28)17-4-2-16(22)3-5-17/h2-5,10-12H,6-9,13H2,1H3. The number of sulfonamides is 1. The van der Waals surface area contributed by atoms with Gasteiger partial charge < -0.3 is 4.42 Å². The van der Waals surface area contributed by atoms with Gasteiger partial charge in [0.05, 0.1) is 4.90 Å². The van der Waals surface area contributed by atoms with Crippen molar-refractivity contribution in [2.75, 3.05) is 26.2 Å². The molecule has 2 heterocycles. The lowest BCUT2D eigenvalue weighted by Gasteiger charge is -2.34. The average Bonchev–Trinajstić information content (AvgIpc) is 2.70. The van der Waals surface area contributed by atoms with Gasteiger partial charge >= 0.3 is 5.63 Å². The van der Waals surface area contributed by atoms with Gasteiger partial charge in [0.2, 0.25) is 10.0 Å². The Bertz CT molecular complexity index is 1250. The van der Waals surface area contributed by atoms with E-state index < -0.39 is 15.6 Å². The summed E-state index contributed by atoms with van der Waals surface area (Å²) in [6, 6.07) is 11.7. The van der Waals surface area contributed by atoms with Gasteiger partial charge in [0.15, 0.2) is 0 Å². The van der Waals surface area contributed by atoms with E-state index in [0.29, 0.717) is 43.3 Å². The fourth-order valence-electron chi connectivity index (χ4n) is 3.60. The molecule has 158 valence electrons. The van der Waals surface area contributed by atoms with Crippen LogP contribution in [0.4, 0.5) is 0 Å². The molecule has 1 fully saturated rings. The van der Waals surface area contributed by atoms with Gasteiger partial charge in [-0.25, -0.2) is 13.2 Å². The maximum atomic E-state index is 12.9. The summed E-state index contributed by atoms with van der Waals surface area (Å²) in [5.74, 6) is 0. The van der Waals surface area contributed by atoms with Gasteiger partial charge in [0, 0.05) is 53.7 Å². The molecule has 0 bridgehead atoms. The highest BCUT2D eigenvalue weighted by molar-refractivity contribution is 9.10. The fraction of sp³-hybridized carbons (Fsp3) is 0.286. The third-order valence-corrected chi connectivity index (χ3v) is 8.13. The van der Waals surface area contributed by atoms with Gasteiger partial charge in [0.25, 0.3) is 0 Å². The topological polar surface area (TPSA) is 70.8 Å². The zero-order chi connectivity index (χ0) is 21.5. The first-order valence-corrected chi connectivity index (χ1v) is 12.1. The summed E-state index contributed by atoms with van der Waals surface area (Å²) in [4.78, 5) is 14.4. The lowest BCUT2D eigenvalue weighted by atomic mass is 10.1. The van der Waals surface area contributed by atoms with Crippen LogP contribution in [0.25, 0.3) is 11.0 Å². The normalized spacial score (nSPS) is 16.2. The van der Waals surface area contributed by atoms with Crippen molar-refractivity contribution in [1.29, 1.82) is 0 Å². The molecule has 1 saturated heterocycles. The highest BCUT2D eigenvalue weighted by Gasteiger charge is 2.28. The van der Waals surface area contributed by atoms with Gasteiger partial charge in [-0.15, -0.1) is 0 Å². The minimum atomic E-state index is -3.52. The van der Waals surface area contributed by atoms with Crippen LogP contribution in [0.15, 0.2) is 61.0 Å². The quantitative estimate of drug-likeness (QED) is 0.495. The zero-order valence-corrected chi connectivity index (χ0v) is 19.4. The Balaban J connectivity index is 1.51. The van der Waals surface area contributed by atoms with E-state index in [0.717, 1.165) is 21.0 Å². The van der Waals surface area contributed by atoms with Crippen LogP contribution in [-0.2, 0) is 16.6 Å². The van der Waals surface area contributed by atoms with E-state index in [1.165, 1.54) is 10.4 Å². The van der Waals surface area contributed by atoms with Crippen molar-refractivity contribution in [2.24, 2.45) is 0 Å². The molecule has 4 rings (SSSR count). The Morgan fingerprint density at radius 2 is 1.73 bits per heavy atom. The van der Waals surface area contributed by atoms with E-state index in [1.54, 1.807) is 30.3 Å². The predicted molar refractivity (Wildman–Crippen MR) is 120 cm³/mol. The van der Waals surface area contributed by atoms with Gasteiger partial charge in [-0.05, 0) is 54.4 Å². The Kier molecular flexibility index (Phi) is 6.05. The molecule has 1 aliphatic heterocycles. The van der Waals surface area contributed by atoms with Crippen LogP contribution in [0.1, 0.15) is 11.1 Å². The maximum Gasteiger partial charge on any atom is 0.336 e.